The van der Waals surface area contributed by atoms with Crippen LogP contribution < -0.4 is 5.73 Å². The van der Waals surface area contributed by atoms with Crippen LogP contribution in [0.25, 0.3) is 0 Å². The third-order valence-electron chi connectivity index (χ3n) is 3.01. The maximum Gasteiger partial charge on any atom is 0.145 e. The van der Waals surface area contributed by atoms with Gasteiger partial charge in [0.2, 0.25) is 0 Å². The molecule has 0 aromatic heterocycles. The molecule has 13 heavy (non-hydrogen) atoms. The van der Waals surface area contributed by atoms with Gasteiger partial charge in [-0.05, 0) is 18.8 Å². The molecule has 0 atom stereocenters. The molecule has 0 aromatic rings. The summed E-state index contributed by atoms with van der Waals surface area (Å²) in [6.07, 6.45) is 1.98. The molecule has 0 radical (unpaired) electrons. The normalized spacial score (nSPS) is 21.8. The second-order valence-corrected chi connectivity index (χ2v) is 4.09. The molecule has 0 amide bonds. The monoisotopic (exact) mass is 186 g/mol. The van der Waals surface area contributed by atoms with Crippen LogP contribution in [0.4, 0.5) is 0 Å². The van der Waals surface area contributed by atoms with Gasteiger partial charge in [0, 0.05) is 18.6 Å². The average Bonchev–Trinajstić information content (AvgIpc) is 2.18. The van der Waals surface area contributed by atoms with E-state index in [0.29, 0.717) is 11.8 Å². The number of oxime groups is 1. The highest BCUT2D eigenvalue weighted by Crippen LogP contribution is 2.34. The van der Waals surface area contributed by atoms with Crippen molar-refractivity contribution < 1.29 is 9.94 Å². The summed E-state index contributed by atoms with van der Waals surface area (Å²) in [6.45, 7) is 5.59. The van der Waals surface area contributed by atoms with E-state index in [-0.39, 0.29) is 5.41 Å². The summed E-state index contributed by atoms with van der Waals surface area (Å²) < 4.78 is 5.27. The van der Waals surface area contributed by atoms with Crippen LogP contribution >= 0.6 is 0 Å². The van der Waals surface area contributed by atoms with Gasteiger partial charge in [-0.3, -0.25) is 0 Å². The Morgan fingerprint density at radius 1 is 1.46 bits per heavy atom. The number of ether oxygens (including phenoxy) is 1. The van der Waals surface area contributed by atoms with Crippen LogP contribution in [-0.4, -0.2) is 24.3 Å². The van der Waals surface area contributed by atoms with Crippen LogP contribution in [0.15, 0.2) is 5.16 Å². The van der Waals surface area contributed by atoms with Gasteiger partial charge in [0.05, 0.1) is 0 Å². The van der Waals surface area contributed by atoms with Gasteiger partial charge in [0.25, 0.3) is 0 Å². The minimum absolute atomic E-state index is 0.224. The van der Waals surface area contributed by atoms with Crippen molar-refractivity contribution in [3.63, 3.8) is 0 Å². The number of hydrogen-bond donors (Lipinski definition) is 2. The first-order chi connectivity index (χ1) is 6.09. The molecule has 1 rings (SSSR count). The Labute approximate surface area is 78.7 Å². The van der Waals surface area contributed by atoms with Crippen molar-refractivity contribution in [3.05, 3.63) is 0 Å². The van der Waals surface area contributed by atoms with Gasteiger partial charge in [-0.15, -0.1) is 0 Å². The molecule has 4 heteroatoms. The van der Waals surface area contributed by atoms with Gasteiger partial charge in [0.15, 0.2) is 0 Å². The standard InChI is InChI=1S/C9H18N2O2/c1-9(2,8(10)11-12)7-3-5-13-6-4-7/h7,12H,3-6H2,1-2H3,(H2,10,11). The molecule has 1 aliphatic rings. The van der Waals surface area contributed by atoms with Crippen LogP contribution in [-0.2, 0) is 4.74 Å². The molecule has 0 aliphatic carbocycles. The van der Waals surface area contributed by atoms with Crippen molar-refractivity contribution in [2.45, 2.75) is 26.7 Å². The Balaban J connectivity index is 2.66. The second kappa shape index (κ2) is 3.96. The van der Waals surface area contributed by atoms with E-state index < -0.39 is 0 Å². The summed E-state index contributed by atoms with van der Waals surface area (Å²) >= 11 is 0. The number of rotatable bonds is 2. The molecule has 0 saturated carbocycles. The molecule has 1 saturated heterocycles. The highest BCUT2D eigenvalue weighted by atomic mass is 16.5. The maximum atomic E-state index is 8.63. The molecule has 0 spiro atoms. The highest BCUT2D eigenvalue weighted by Gasteiger charge is 2.34. The van der Waals surface area contributed by atoms with E-state index in [1.807, 2.05) is 13.8 Å². The quantitative estimate of drug-likeness (QED) is 0.294. The molecule has 0 aromatic carbocycles. The van der Waals surface area contributed by atoms with E-state index in [4.69, 9.17) is 15.7 Å². The van der Waals surface area contributed by atoms with Gasteiger partial charge in [-0.2, -0.15) is 0 Å². The second-order valence-electron chi connectivity index (χ2n) is 4.09. The number of amidine groups is 1. The van der Waals surface area contributed by atoms with Gasteiger partial charge in [-0.25, -0.2) is 0 Å². The average molecular weight is 186 g/mol. The van der Waals surface area contributed by atoms with Crippen LogP contribution in [0.3, 0.4) is 0 Å². The zero-order valence-corrected chi connectivity index (χ0v) is 8.29. The van der Waals surface area contributed by atoms with E-state index in [0.717, 1.165) is 26.1 Å². The zero-order chi connectivity index (χ0) is 9.90. The van der Waals surface area contributed by atoms with E-state index >= 15 is 0 Å². The van der Waals surface area contributed by atoms with E-state index in [1.165, 1.54) is 0 Å². The Morgan fingerprint density at radius 2 is 2.00 bits per heavy atom. The molecule has 76 valence electrons. The SMILES string of the molecule is CC(C)(/C(N)=N/O)C1CCOCC1. The lowest BCUT2D eigenvalue weighted by Crippen LogP contribution is -2.41. The predicted molar refractivity (Wildman–Crippen MR) is 50.7 cm³/mol. The van der Waals surface area contributed by atoms with Crippen LogP contribution in [0.5, 0.6) is 0 Å². The lowest BCUT2D eigenvalue weighted by molar-refractivity contribution is 0.0402. The highest BCUT2D eigenvalue weighted by molar-refractivity contribution is 5.85. The largest absolute Gasteiger partial charge is 0.409 e. The zero-order valence-electron chi connectivity index (χ0n) is 8.29. The van der Waals surface area contributed by atoms with Crippen molar-refractivity contribution in [3.8, 4) is 0 Å². The van der Waals surface area contributed by atoms with Gasteiger partial charge in [0.1, 0.15) is 5.84 Å². The first-order valence-corrected chi connectivity index (χ1v) is 4.64. The molecule has 3 N–H and O–H groups in total. The third-order valence-corrected chi connectivity index (χ3v) is 3.01. The third kappa shape index (κ3) is 2.12. The molecule has 1 heterocycles. The fourth-order valence-corrected chi connectivity index (χ4v) is 1.76. The van der Waals surface area contributed by atoms with Crippen molar-refractivity contribution in [2.24, 2.45) is 22.2 Å². The number of nitrogens with zero attached hydrogens (tertiary/aromatic N) is 1. The van der Waals surface area contributed by atoms with Gasteiger partial charge < -0.3 is 15.7 Å². The minimum Gasteiger partial charge on any atom is -0.409 e. The number of nitrogens with two attached hydrogens (primary N) is 1. The van der Waals surface area contributed by atoms with Crippen LogP contribution in [0, 0.1) is 11.3 Å². The molecular formula is C9H18N2O2. The first-order valence-electron chi connectivity index (χ1n) is 4.64. The molecule has 0 bridgehead atoms. The van der Waals surface area contributed by atoms with Crippen molar-refractivity contribution in [2.75, 3.05) is 13.2 Å². The Hall–Kier alpha value is -0.770. The Morgan fingerprint density at radius 3 is 2.46 bits per heavy atom. The Bertz CT molecular complexity index is 196. The minimum atomic E-state index is -0.224. The fraction of sp³-hybridized carbons (Fsp3) is 0.889. The predicted octanol–water partition coefficient (Wildman–Crippen LogP) is 1.19. The molecule has 0 unspecified atom stereocenters. The summed E-state index contributed by atoms with van der Waals surface area (Å²) in [5.74, 6) is 0.775. The van der Waals surface area contributed by atoms with E-state index in [2.05, 4.69) is 5.16 Å². The first kappa shape index (κ1) is 10.3. The molecule has 1 aliphatic heterocycles. The van der Waals surface area contributed by atoms with Crippen LogP contribution in [0.2, 0.25) is 0 Å². The fourth-order valence-electron chi connectivity index (χ4n) is 1.76. The number of hydrogen-bond acceptors (Lipinski definition) is 3. The van der Waals surface area contributed by atoms with E-state index in [1.54, 1.807) is 0 Å². The summed E-state index contributed by atoms with van der Waals surface area (Å²) in [6, 6.07) is 0. The summed E-state index contributed by atoms with van der Waals surface area (Å²) in [7, 11) is 0. The summed E-state index contributed by atoms with van der Waals surface area (Å²) in [5.41, 5.74) is 5.42. The smallest absolute Gasteiger partial charge is 0.145 e. The van der Waals surface area contributed by atoms with Crippen LogP contribution in [0.1, 0.15) is 26.7 Å². The van der Waals surface area contributed by atoms with Crippen molar-refractivity contribution in [1.82, 2.24) is 0 Å². The van der Waals surface area contributed by atoms with Crippen molar-refractivity contribution in [1.29, 1.82) is 0 Å². The lowest BCUT2D eigenvalue weighted by atomic mass is 9.74. The van der Waals surface area contributed by atoms with Crippen molar-refractivity contribution >= 4 is 5.84 Å². The Kier molecular flexibility index (Phi) is 3.14. The van der Waals surface area contributed by atoms with E-state index in [9.17, 15) is 0 Å². The van der Waals surface area contributed by atoms with Gasteiger partial charge in [-0.1, -0.05) is 19.0 Å². The molecule has 1 fully saturated rings. The maximum absolute atomic E-state index is 8.63. The molecular weight excluding hydrogens is 168 g/mol. The summed E-state index contributed by atoms with van der Waals surface area (Å²) in [5, 5.41) is 11.7. The van der Waals surface area contributed by atoms with Gasteiger partial charge >= 0.3 is 0 Å². The summed E-state index contributed by atoms with van der Waals surface area (Å²) in [4.78, 5) is 0. The molecule has 4 nitrogen and oxygen atoms in total. The topological polar surface area (TPSA) is 67.8 Å². The lowest BCUT2D eigenvalue weighted by Gasteiger charge is -2.35.